The van der Waals surface area contributed by atoms with Crippen molar-refractivity contribution in [2.75, 3.05) is 11.9 Å². The van der Waals surface area contributed by atoms with Crippen molar-refractivity contribution in [3.63, 3.8) is 0 Å². The number of benzene rings is 1. The summed E-state index contributed by atoms with van der Waals surface area (Å²) in [6.45, 7) is 6.19. The molecule has 6 heteroatoms. The minimum absolute atomic E-state index is 0.0767. The number of anilines is 1. The van der Waals surface area contributed by atoms with Crippen LogP contribution in [-0.4, -0.2) is 33.3 Å². The molecule has 1 aromatic carbocycles. The van der Waals surface area contributed by atoms with Crippen molar-refractivity contribution in [2.24, 2.45) is 0 Å². The fourth-order valence-corrected chi connectivity index (χ4v) is 2.74. The summed E-state index contributed by atoms with van der Waals surface area (Å²) in [6.07, 6.45) is 7.49. The Morgan fingerprint density at radius 3 is 2.63 bits per heavy atom. The van der Waals surface area contributed by atoms with E-state index in [1.54, 1.807) is 18.2 Å². The zero-order valence-electron chi connectivity index (χ0n) is 15.8. The zero-order valence-corrected chi connectivity index (χ0v) is 15.8. The lowest BCUT2D eigenvalue weighted by atomic mass is 10.0. The summed E-state index contributed by atoms with van der Waals surface area (Å²) in [7, 11) is 0. The highest BCUT2D eigenvalue weighted by molar-refractivity contribution is 5.91. The van der Waals surface area contributed by atoms with Crippen molar-refractivity contribution in [1.29, 1.82) is 0 Å². The van der Waals surface area contributed by atoms with Gasteiger partial charge in [0.2, 0.25) is 5.91 Å². The summed E-state index contributed by atoms with van der Waals surface area (Å²) in [5, 5.41) is 24.7. The van der Waals surface area contributed by atoms with E-state index in [0.717, 1.165) is 18.4 Å². The van der Waals surface area contributed by atoms with Crippen LogP contribution in [0, 0.1) is 12.3 Å². The number of aromatic hydroxyl groups is 1. The molecule has 1 aromatic heterocycles. The van der Waals surface area contributed by atoms with Crippen LogP contribution in [0.5, 0.6) is 5.75 Å². The second kappa shape index (κ2) is 7.37. The topological polar surface area (TPSA) is 87.1 Å². The number of aromatic nitrogens is 2. The molecule has 1 amide bonds. The molecule has 0 saturated heterocycles. The Balaban J connectivity index is 1.84. The van der Waals surface area contributed by atoms with E-state index >= 15 is 0 Å². The van der Waals surface area contributed by atoms with Gasteiger partial charge in [-0.05, 0) is 69.4 Å². The lowest BCUT2D eigenvalue weighted by molar-refractivity contribution is -0.115. The average Bonchev–Trinajstić information content (AvgIpc) is 3.44. The molecule has 1 fully saturated rings. The van der Waals surface area contributed by atoms with E-state index in [2.05, 4.69) is 26.8 Å². The molecule has 1 heterocycles. The SMILES string of the molecule is C#Cc1ccc(-c2nnc(NC(=O)CNC(C)(C)C)cc2C2CC2)c(O)c1. The van der Waals surface area contributed by atoms with Gasteiger partial charge in [-0.1, -0.05) is 5.92 Å². The molecule has 27 heavy (non-hydrogen) atoms. The van der Waals surface area contributed by atoms with Gasteiger partial charge in [-0.25, -0.2) is 0 Å². The first-order valence-electron chi connectivity index (χ1n) is 8.99. The average molecular weight is 364 g/mol. The molecule has 6 nitrogen and oxygen atoms in total. The van der Waals surface area contributed by atoms with Crippen LogP contribution < -0.4 is 10.6 Å². The molecule has 0 unspecified atom stereocenters. The Morgan fingerprint density at radius 1 is 1.30 bits per heavy atom. The van der Waals surface area contributed by atoms with Crippen LogP contribution in [0.25, 0.3) is 11.3 Å². The van der Waals surface area contributed by atoms with Gasteiger partial charge in [0.1, 0.15) is 11.4 Å². The summed E-state index contributed by atoms with van der Waals surface area (Å²) in [5.41, 5.74) is 2.66. The minimum Gasteiger partial charge on any atom is -0.507 e. The summed E-state index contributed by atoms with van der Waals surface area (Å²) in [5.74, 6) is 3.19. The summed E-state index contributed by atoms with van der Waals surface area (Å²) in [4.78, 5) is 12.1. The molecule has 1 aliphatic rings. The number of hydrogen-bond acceptors (Lipinski definition) is 5. The van der Waals surface area contributed by atoms with Gasteiger partial charge < -0.3 is 15.7 Å². The van der Waals surface area contributed by atoms with Gasteiger partial charge in [-0.15, -0.1) is 16.6 Å². The van der Waals surface area contributed by atoms with Gasteiger partial charge >= 0.3 is 0 Å². The van der Waals surface area contributed by atoms with E-state index in [-0.39, 0.29) is 23.7 Å². The number of nitrogens with zero attached hydrogens (tertiary/aromatic N) is 2. The zero-order chi connectivity index (χ0) is 19.6. The predicted octanol–water partition coefficient (Wildman–Crippen LogP) is 3.03. The lowest BCUT2D eigenvalue weighted by Gasteiger charge is -2.20. The normalized spacial score (nSPS) is 13.9. The second-order valence-electron chi connectivity index (χ2n) is 7.84. The first-order valence-corrected chi connectivity index (χ1v) is 8.99. The maximum absolute atomic E-state index is 12.1. The number of carbonyl (C=O) groups excluding carboxylic acids is 1. The third-order valence-electron chi connectivity index (χ3n) is 4.31. The van der Waals surface area contributed by atoms with Crippen molar-refractivity contribution < 1.29 is 9.90 Å². The molecule has 0 radical (unpaired) electrons. The number of rotatable bonds is 5. The summed E-state index contributed by atoms with van der Waals surface area (Å²) in [6, 6.07) is 6.91. The molecular formula is C21H24N4O2. The second-order valence-corrected chi connectivity index (χ2v) is 7.84. The molecular weight excluding hydrogens is 340 g/mol. The number of terminal acetylenes is 1. The van der Waals surface area contributed by atoms with Crippen molar-refractivity contribution >= 4 is 11.7 Å². The first kappa shape index (κ1) is 18.9. The van der Waals surface area contributed by atoms with Crippen molar-refractivity contribution in [3.8, 4) is 29.4 Å². The molecule has 1 aliphatic carbocycles. The van der Waals surface area contributed by atoms with Crippen LogP contribution in [0.3, 0.4) is 0 Å². The molecule has 0 bridgehead atoms. The van der Waals surface area contributed by atoms with Crippen LogP contribution in [0.2, 0.25) is 0 Å². The maximum atomic E-state index is 12.1. The number of carbonyl (C=O) groups is 1. The van der Waals surface area contributed by atoms with Crippen molar-refractivity contribution in [1.82, 2.24) is 15.5 Å². The van der Waals surface area contributed by atoms with Gasteiger partial charge in [-0.2, -0.15) is 0 Å². The van der Waals surface area contributed by atoms with Crippen molar-refractivity contribution in [3.05, 3.63) is 35.4 Å². The Morgan fingerprint density at radius 2 is 2.04 bits per heavy atom. The van der Waals surface area contributed by atoms with Gasteiger partial charge in [0.05, 0.1) is 6.54 Å². The van der Waals surface area contributed by atoms with E-state index in [1.165, 1.54) is 0 Å². The van der Waals surface area contributed by atoms with E-state index in [0.29, 0.717) is 28.6 Å². The molecule has 140 valence electrons. The van der Waals surface area contributed by atoms with Crippen LogP contribution in [0.1, 0.15) is 50.7 Å². The standard InChI is InChI=1S/C21H24N4O2/c1-5-13-6-9-15(17(26)10-13)20-16(14-7-8-14)11-18(24-25-20)23-19(27)12-22-21(2,3)4/h1,6,9-11,14,22,26H,7-8,12H2,2-4H3,(H,23,24,27). The molecule has 0 spiro atoms. The van der Waals surface area contributed by atoms with E-state index in [1.807, 2.05) is 26.8 Å². The Kier molecular flexibility index (Phi) is 5.15. The van der Waals surface area contributed by atoms with Gasteiger partial charge in [-0.3, -0.25) is 4.79 Å². The maximum Gasteiger partial charge on any atom is 0.239 e. The van der Waals surface area contributed by atoms with Crippen LogP contribution in [-0.2, 0) is 4.79 Å². The summed E-state index contributed by atoms with van der Waals surface area (Å²) < 4.78 is 0. The fourth-order valence-electron chi connectivity index (χ4n) is 2.74. The number of nitrogens with one attached hydrogen (secondary N) is 2. The predicted molar refractivity (Wildman–Crippen MR) is 105 cm³/mol. The van der Waals surface area contributed by atoms with Crippen LogP contribution >= 0.6 is 0 Å². The monoisotopic (exact) mass is 364 g/mol. The first-order chi connectivity index (χ1) is 12.8. The number of amides is 1. The number of phenolic OH excluding ortho intramolecular Hbond substituents is 1. The van der Waals surface area contributed by atoms with Crippen LogP contribution in [0.4, 0.5) is 5.82 Å². The molecule has 2 aromatic rings. The molecule has 3 rings (SSSR count). The largest absolute Gasteiger partial charge is 0.507 e. The van der Waals surface area contributed by atoms with E-state index < -0.39 is 0 Å². The van der Waals surface area contributed by atoms with Crippen LogP contribution in [0.15, 0.2) is 24.3 Å². The Bertz CT molecular complexity index is 905. The number of hydrogen-bond donors (Lipinski definition) is 3. The highest BCUT2D eigenvalue weighted by Crippen LogP contribution is 2.45. The fraction of sp³-hybridized carbons (Fsp3) is 0.381. The summed E-state index contributed by atoms with van der Waals surface area (Å²) >= 11 is 0. The highest BCUT2D eigenvalue weighted by atomic mass is 16.3. The molecule has 1 saturated carbocycles. The third-order valence-corrected chi connectivity index (χ3v) is 4.31. The van der Waals surface area contributed by atoms with Gasteiger partial charge in [0.15, 0.2) is 5.82 Å². The van der Waals surface area contributed by atoms with E-state index in [9.17, 15) is 9.90 Å². The third kappa shape index (κ3) is 4.83. The molecule has 3 N–H and O–H groups in total. The van der Waals surface area contributed by atoms with Gasteiger partial charge in [0.25, 0.3) is 0 Å². The molecule has 0 atom stereocenters. The number of phenols is 1. The smallest absolute Gasteiger partial charge is 0.239 e. The Hall–Kier alpha value is -2.91. The lowest BCUT2D eigenvalue weighted by Crippen LogP contribution is -2.41. The molecule has 0 aliphatic heterocycles. The minimum atomic E-state index is -0.171. The highest BCUT2D eigenvalue weighted by Gasteiger charge is 2.29. The Labute approximate surface area is 159 Å². The van der Waals surface area contributed by atoms with E-state index in [4.69, 9.17) is 6.42 Å². The van der Waals surface area contributed by atoms with Crippen molar-refractivity contribution in [2.45, 2.75) is 45.1 Å². The van der Waals surface area contributed by atoms with Gasteiger partial charge in [0, 0.05) is 16.7 Å². The quantitative estimate of drug-likeness (QED) is 0.710.